The molecule has 2 rings (SSSR count). The summed E-state index contributed by atoms with van der Waals surface area (Å²) in [6.45, 7) is 9.03. The number of benzene rings is 1. The second-order valence-electron chi connectivity index (χ2n) is 6.71. The number of hydrogen-bond acceptors (Lipinski definition) is 2. The first-order valence-corrected chi connectivity index (χ1v) is 8.61. The Morgan fingerprint density at radius 1 is 1.36 bits per heavy atom. The molecule has 0 radical (unpaired) electrons. The number of nitrogens with zero attached hydrogens (tertiary/aromatic N) is 1. The molecule has 1 aromatic carbocycles. The van der Waals surface area contributed by atoms with Crippen molar-refractivity contribution in [2.75, 3.05) is 13.1 Å². The number of nitrogens with one attached hydrogen (secondary N) is 1. The van der Waals surface area contributed by atoms with Crippen molar-refractivity contribution < 1.29 is 4.79 Å². The Kier molecular flexibility index (Phi) is 6.27. The van der Waals surface area contributed by atoms with Crippen molar-refractivity contribution in [2.45, 2.75) is 46.2 Å². The van der Waals surface area contributed by atoms with Crippen LogP contribution in [-0.2, 0) is 11.3 Å². The fourth-order valence-corrected chi connectivity index (χ4v) is 2.99. The number of hydrogen-bond donors (Lipinski definition) is 1. The van der Waals surface area contributed by atoms with Crippen LogP contribution in [0, 0.1) is 11.8 Å². The van der Waals surface area contributed by atoms with Gasteiger partial charge in [0.15, 0.2) is 0 Å². The fourth-order valence-electron chi connectivity index (χ4n) is 2.79. The highest BCUT2D eigenvalue weighted by atomic mass is 35.5. The fraction of sp³-hybridized carbons (Fsp3) is 0.611. The maximum absolute atomic E-state index is 12.4. The van der Waals surface area contributed by atoms with E-state index in [1.807, 2.05) is 18.2 Å². The van der Waals surface area contributed by atoms with E-state index in [0.717, 1.165) is 43.1 Å². The predicted octanol–water partition coefficient (Wildman–Crippen LogP) is 3.71. The molecular formula is C18H27ClN2O. The zero-order valence-corrected chi connectivity index (χ0v) is 14.6. The number of carbonyl (C=O) groups is 1. The topological polar surface area (TPSA) is 32.3 Å². The average molecular weight is 323 g/mol. The lowest BCUT2D eigenvalue weighted by Crippen LogP contribution is -2.46. The van der Waals surface area contributed by atoms with Crippen LogP contribution in [0.25, 0.3) is 0 Å². The summed E-state index contributed by atoms with van der Waals surface area (Å²) in [4.78, 5) is 14.8. The van der Waals surface area contributed by atoms with Crippen LogP contribution in [0.5, 0.6) is 0 Å². The van der Waals surface area contributed by atoms with Crippen LogP contribution >= 0.6 is 11.6 Å². The molecule has 2 atom stereocenters. The van der Waals surface area contributed by atoms with E-state index in [9.17, 15) is 4.79 Å². The molecule has 1 aliphatic rings. The van der Waals surface area contributed by atoms with Crippen molar-refractivity contribution in [1.82, 2.24) is 10.2 Å². The Morgan fingerprint density at radius 2 is 2.09 bits per heavy atom. The van der Waals surface area contributed by atoms with Crippen LogP contribution < -0.4 is 5.32 Å². The molecule has 0 aromatic heterocycles. The van der Waals surface area contributed by atoms with Gasteiger partial charge in [-0.2, -0.15) is 0 Å². The number of likely N-dealkylation sites (tertiary alicyclic amines) is 1. The average Bonchev–Trinajstić information content (AvgIpc) is 2.49. The van der Waals surface area contributed by atoms with E-state index in [2.05, 4.69) is 37.1 Å². The van der Waals surface area contributed by atoms with Crippen LogP contribution in [0.2, 0.25) is 5.02 Å². The third-order valence-corrected chi connectivity index (χ3v) is 4.97. The minimum absolute atomic E-state index is 0.0948. The van der Waals surface area contributed by atoms with Gasteiger partial charge in [0.1, 0.15) is 0 Å². The van der Waals surface area contributed by atoms with Crippen molar-refractivity contribution in [1.29, 1.82) is 0 Å². The van der Waals surface area contributed by atoms with Gasteiger partial charge in [-0.1, -0.05) is 43.6 Å². The molecule has 1 aromatic rings. The Labute approximate surface area is 139 Å². The van der Waals surface area contributed by atoms with Crippen molar-refractivity contribution in [3.63, 3.8) is 0 Å². The molecule has 0 spiro atoms. The van der Waals surface area contributed by atoms with Crippen LogP contribution in [0.3, 0.4) is 0 Å². The number of piperidine rings is 1. The van der Waals surface area contributed by atoms with Crippen molar-refractivity contribution in [3.05, 3.63) is 34.9 Å². The Bertz CT molecular complexity index is 504. The van der Waals surface area contributed by atoms with Gasteiger partial charge in [0.25, 0.3) is 0 Å². The molecule has 1 amide bonds. The summed E-state index contributed by atoms with van der Waals surface area (Å²) >= 11 is 6.24. The molecule has 3 nitrogen and oxygen atoms in total. The van der Waals surface area contributed by atoms with E-state index >= 15 is 0 Å². The molecule has 122 valence electrons. The third-order valence-electron chi connectivity index (χ3n) is 4.60. The Morgan fingerprint density at radius 3 is 2.77 bits per heavy atom. The van der Waals surface area contributed by atoms with Crippen LogP contribution in [0.1, 0.15) is 39.2 Å². The third kappa shape index (κ3) is 4.72. The second-order valence-corrected chi connectivity index (χ2v) is 7.11. The lowest BCUT2D eigenvalue weighted by Gasteiger charge is -2.33. The normalized spacial score (nSPS) is 20.9. The van der Waals surface area contributed by atoms with Gasteiger partial charge in [0.2, 0.25) is 5.91 Å². The van der Waals surface area contributed by atoms with Gasteiger partial charge in [0, 0.05) is 24.2 Å². The SMILES string of the molecule is CC(C)[C@@H](C)NC(=O)[C@@H]1CCCN(Cc2ccccc2Cl)C1. The first kappa shape index (κ1) is 17.3. The maximum atomic E-state index is 12.4. The maximum Gasteiger partial charge on any atom is 0.224 e. The van der Waals surface area contributed by atoms with E-state index in [-0.39, 0.29) is 17.9 Å². The standard InChI is InChI=1S/C18H27ClN2O/c1-13(2)14(3)20-18(22)16-8-6-10-21(12-16)11-15-7-4-5-9-17(15)19/h4-5,7,9,13-14,16H,6,8,10-12H2,1-3H3,(H,20,22)/t14-,16-/m1/s1. The molecule has 22 heavy (non-hydrogen) atoms. The Balaban J connectivity index is 1.91. The van der Waals surface area contributed by atoms with Crippen molar-refractivity contribution in [3.8, 4) is 0 Å². The first-order chi connectivity index (χ1) is 10.5. The van der Waals surface area contributed by atoms with E-state index in [1.54, 1.807) is 0 Å². The molecule has 0 saturated carbocycles. The predicted molar refractivity (Wildman–Crippen MR) is 91.9 cm³/mol. The van der Waals surface area contributed by atoms with Crippen molar-refractivity contribution in [2.24, 2.45) is 11.8 Å². The van der Waals surface area contributed by atoms with Crippen molar-refractivity contribution >= 4 is 17.5 Å². The Hall–Kier alpha value is -1.06. The summed E-state index contributed by atoms with van der Waals surface area (Å²) in [6.07, 6.45) is 2.05. The summed E-state index contributed by atoms with van der Waals surface area (Å²) in [6, 6.07) is 8.18. The number of rotatable bonds is 5. The molecule has 1 saturated heterocycles. The second kappa shape index (κ2) is 7.98. The van der Waals surface area contributed by atoms with Crippen LogP contribution in [-0.4, -0.2) is 29.9 Å². The molecule has 0 aliphatic carbocycles. The molecule has 0 bridgehead atoms. The molecule has 1 heterocycles. The molecule has 1 N–H and O–H groups in total. The summed E-state index contributed by atoms with van der Waals surface area (Å²) in [5.41, 5.74) is 1.14. The van der Waals surface area contributed by atoms with Gasteiger partial charge in [-0.05, 0) is 43.9 Å². The molecule has 1 fully saturated rings. The summed E-state index contributed by atoms with van der Waals surface area (Å²) < 4.78 is 0. The van der Waals surface area contributed by atoms with Gasteiger partial charge in [0.05, 0.1) is 5.92 Å². The summed E-state index contributed by atoms with van der Waals surface area (Å²) in [5.74, 6) is 0.759. The largest absolute Gasteiger partial charge is 0.353 e. The highest BCUT2D eigenvalue weighted by molar-refractivity contribution is 6.31. The molecule has 0 unspecified atom stereocenters. The highest BCUT2D eigenvalue weighted by Gasteiger charge is 2.27. The van der Waals surface area contributed by atoms with Gasteiger partial charge in [-0.25, -0.2) is 0 Å². The molecule has 1 aliphatic heterocycles. The highest BCUT2D eigenvalue weighted by Crippen LogP contribution is 2.22. The number of carbonyl (C=O) groups excluding carboxylic acids is 1. The van der Waals surface area contributed by atoms with Gasteiger partial charge < -0.3 is 5.32 Å². The zero-order valence-electron chi connectivity index (χ0n) is 13.8. The van der Waals surface area contributed by atoms with Gasteiger partial charge in [-0.15, -0.1) is 0 Å². The van der Waals surface area contributed by atoms with E-state index < -0.39 is 0 Å². The minimum atomic E-state index is 0.0948. The lowest BCUT2D eigenvalue weighted by atomic mass is 9.95. The zero-order chi connectivity index (χ0) is 16.1. The number of amides is 1. The minimum Gasteiger partial charge on any atom is -0.353 e. The first-order valence-electron chi connectivity index (χ1n) is 8.23. The quantitative estimate of drug-likeness (QED) is 0.896. The summed E-state index contributed by atoms with van der Waals surface area (Å²) in [5, 5.41) is 3.96. The van der Waals surface area contributed by atoms with E-state index in [1.165, 1.54) is 0 Å². The van der Waals surface area contributed by atoms with E-state index in [4.69, 9.17) is 11.6 Å². The summed E-state index contributed by atoms with van der Waals surface area (Å²) in [7, 11) is 0. The molecule has 4 heteroatoms. The van der Waals surface area contributed by atoms with Gasteiger partial charge in [-0.3, -0.25) is 9.69 Å². The lowest BCUT2D eigenvalue weighted by molar-refractivity contribution is -0.127. The van der Waals surface area contributed by atoms with Gasteiger partial charge >= 0.3 is 0 Å². The molecular weight excluding hydrogens is 296 g/mol. The van der Waals surface area contributed by atoms with Crippen LogP contribution in [0.4, 0.5) is 0 Å². The van der Waals surface area contributed by atoms with Crippen LogP contribution in [0.15, 0.2) is 24.3 Å². The van der Waals surface area contributed by atoms with E-state index in [0.29, 0.717) is 5.92 Å². The number of halogens is 1. The smallest absolute Gasteiger partial charge is 0.224 e. The monoisotopic (exact) mass is 322 g/mol.